The van der Waals surface area contributed by atoms with Crippen LogP contribution < -0.4 is 5.32 Å². The average Bonchev–Trinajstić information content (AvgIpc) is 2.88. The fraction of sp³-hybridized carbons (Fsp3) is 0.231. The lowest BCUT2D eigenvalue weighted by atomic mass is 9.90. The SMILES string of the molecule is O=C1CC(C(=O)OCc2nnsc2Cl)c2ccc(F)cc2N1. The predicted octanol–water partition coefficient (Wildman–Crippen LogP) is 2.50. The zero-order valence-corrected chi connectivity index (χ0v) is 12.6. The van der Waals surface area contributed by atoms with Crippen LogP contribution in [0.15, 0.2) is 18.2 Å². The van der Waals surface area contributed by atoms with E-state index in [1.54, 1.807) is 0 Å². The van der Waals surface area contributed by atoms with E-state index in [1.165, 1.54) is 18.2 Å². The monoisotopic (exact) mass is 341 g/mol. The van der Waals surface area contributed by atoms with Gasteiger partial charge in [0.15, 0.2) is 0 Å². The number of fused-ring (bicyclic) bond motifs is 1. The largest absolute Gasteiger partial charge is 0.459 e. The second-order valence-corrected chi connectivity index (χ2v) is 5.99. The van der Waals surface area contributed by atoms with E-state index in [0.717, 1.165) is 11.5 Å². The van der Waals surface area contributed by atoms with E-state index < -0.39 is 17.7 Å². The summed E-state index contributed by atoms with van der Waals surface area (Å²) in [6.45, 7) is -0.122. The third-order valence-electron chi connectivity index (χ3n) is 3.20. The first-order chi connectivity index (χ1) is 10.5. The Morgan fingerprint density at radius 1 is 1.55 bits per heavy atom. The third kappa shape index (κ3) is 2.93. The molecule has 2 heterocycles. The van der Waals surface area contributed by atoms with Gasteiger partial charge in [0.2, 0.25) is 5.91 Å². The second kappa shape index (κ2) is 5.98. The number of carbonyl (C=O) groups excluding carboxylic acids is 2. The predicted molar refractivity (Wildman–Crippen MR) is 77.1 cm³/mol. The molecule has 0 radical (unpaired) electrons. The highest BCUT2D eigenvalue weighted by Crippen LogP contribution is 2.33. The number of hydrogen-bond acceptors (Lipinski definition) is 6. The summed E-state index contributed by atoms with van der Waals surface area (Å²) in [5.41, 5.74) is 1.17. The van der Waals surface area contributed by atoms with Crippen LogP contribution in [0.5, 0.6) is 0 Å². The Balaban J connectivity index is 1.78. The Labute approximate surface area is 133 Å². The Kier molecular flexibility index (Phi) is 4.04. The summed E-state index contributed by atoms with van der Waals surface area (Å²) >= 11 is 6.82. The molecule has 6 nitrogen and oxygen atoms in total. The molecule has 9 heteroatoms. The van der Waals surface area contributed by atoms with Gasteiger partial charge in [-0.05, 0) is 17.7 Å². The quantitative estimate of drug-likeness (QED) is 0.867. The smallest absolute Gasteiger partial charge is 0.314 e. The molecular weight excluding hydrogens is 333 g/mol. The molecule has 0 aliphatic carbocycles. The fourth-order valence-corrected chi connectivity index (χ4v) is 2.77. The summed E-state index contributed by atoms with van der Waals surface area (Å²) in [7, 11) is 0. The van der Waals surface area contributed by atoms with Gasteiger partial charge in [-0.1, -0.05) is 22.2 Å². The molecule has 3 rings (SSSR count). The van der Waals surface area contributed by atoms with Gasteiger partial charge in [-0.15, -0.1) is 5.10 Å². The topological polar surface area (TPSA) is 81.2 Å². The van der Waals surface area contributed by atoms with Crippen molar-refractivity contribution in [2.45, 2.75) is 18.9 Å². The van der Waals surface area contributed by atoms with Crippen molar-refractivity contribution in [3.05, 3.63) is 39.6 Å². The maximum absolute atomic E-state index is 13.2. The van der Waals surface area contributed by atoms with E-state index in [4.69, 9.17) is 16.3 Å². The summed E-state index contributed by atoms with van der Waals surface area (Å²) in [5.74, 6) is -2.23. The highest BCUT2D eigenvalue weighted by atomic mass is 35.5. The summed E-state index contributed by atoms with van der Waals surface area (Å²) in [5, 5.41) is 6.27. The van der Waals surface area contributed by atoms with Crippen LogP contribution in [0.25, 0.3) is 0 Å². The van der Waals surface area contributed by atoms with Crippen molar-refractivity contribution < 1.29 is 18.7 Å². The summed E-state index contributed by atoms with van der Waals surface area (Å²) in [4.78, 5) is 23.9. The van der Waals surface area contributed by atoms with Crippen LogP contribution in [0.4, 0.5) is 10.1 Å². The molecule has 1 N–H and O–H groups in total. The minimum Gasteiger partial charge on any atom is -0.459 e. The Bertz CT molecular complexity index is 752. The molecule has 0 fully saturated rings. The normalized spacial score (nSPS) is 16.8. The van der Waals surface area contributed by atoms with Gasteiger partial charge in [-0.3, -0.25) is 9.59 Å². The van der Waals surface area contributed by atoms with Gasteiger partial charge < -0.3 is 10.1 Å². The van der Waals surface area contributed by atoms with Crippen LogP contribution in [0.2, 0.25) is 4.34 Å². The van der Waals surface area contributed by atoms with Crippen molar-refractivity contribution in [2.75, 3.05) is 5.32 Å². The number of hydrogen-bond donors (Lipinski definition) is 1. The third-order valence-corrected chi connectivity index (χ3v) is 4.18. The van der Waals surface area contributed by atoms with Crippen molar-refractivity contribution in [3.8, 4) is 0 Å². The van der Waals surface area contributed by atoms with E-state index in [9.17, 15) is 14.0 Å². The Hall–Kier alpha value is -2.06. The van der Waals surface area contributed by atoms with Crippen molar-refractivity contribution in [1.82, 2.24) is 9.59 Å². The highest BCUT2D eigenvalue weighted by molar-refractivity contribution is 7.10. The van der Waals surface area contributed by atoms with Gasteiger partial charge >= 0.3 is 5.97 Å². The summed E-state index contributed by atoms with van der Waals surface area (Å²) in [6.07, 6.45) is -0.0550. The molecule has 0 spiro atoms. The van der Waals surface area contributed by atoms with Crippen molar-refractivity contribution in [2.24, 2.45) is 0 Å². The van der Waals surface area contributed by atoms with E-state index in [2.05, 4.69) is 14.9 Å². The number of ether oxygens (including phenoxy) is 1. The van der Waals surface area contributed by atoms with Crippen LogP contribution >= 0.6 is 23.1 Å². The number of amides is 1. The molecule has 22 heavy (non-hydrogen) atoms. The molecule has 1 aromatic carbocycles. The van der Waals surface area contributed by atoms with Gasteiger partial charge in [-0.2, -0.15) is 0 Å². The lowest BCUT2D eigenvalue weighted by molar-refractivity contribution is -0.148. The van der Waals surface area contributed by atoms with Gasteiger partial charge in [0.05, 0.1) is 5.92 Å². The average molecular weight is 342 g/mol. The summed E-state index contributed by atoms with van der Waals surface area (Å²) in [6, 6.07) is 3.87. The molecule has 0 bridgehead atoms. The number of nitrogens with zero attached hydrogens (tertiary/aromatic N) is 2. The molecule has 1 aliphatic heterocycles. The maximum atomic E-state index is 13.2. The van der Waals surface area contributed by atoms with Gasteiger partial charge in [0, 0.05) is 23.6 Å². The minimum absolute atomic E-state index is 0.0550. The number of rotatable bonds is 3. The van der Waals surface area contributed by atoms with Crippen LogP contribution in [0, 0.1) is 5.82 Å². The van der Waals surface area contributed by atoms with Crippen LogP contribution in [0.1, 0.15) is 23.6 Å². The van der Waals surface area contributed by atoms with Crippen molar-refractivity contribution in [1.29, 1.82) is 0 Å². The lowest BCUT2D eigenvalue weighted by Gasteiger charge is -2.24. The standard InChI is InChI=1S/C13H9ClFN3O3S/c14-12-10(17-18-22-12)5-21-13(20)8-4-11(19)16-9-3-6(15)1-2-7(8)9/h1-3,8H,4-5H2,(H,16,19). The van der Waals surface area contributed by atoms with E-state index >= 15 is 0 Å². The molecule has 1 unspecified atom stereocenters. The van der Waals surface area contributed by atoms with Crippen LogP contribution in [0.3, 0.4) is 0 Å². The van der Waals surface area contributed by atoms with Crippen molar-refractivity contribution in [3.63, 3.8) is 0 Å². The van der Waals surface area contributed by atoms with Gasteiger partial charge in [0.1, 0.15) is 22.5 Å². The number of aromatic nitrogens is 2. The van der Waals surface area contributed by atoms with E-state index in [-0.39, 0.29) is 24.6 Å². The fourth-order valence-electron chi connectivity index (χ4n) is 2.17. The van der Waals surface area contributed by atoms with Gasteiger partial charge in [-0.25, -0.2) is 4.39 Å². The molecule has 1 atom stereocenters. The van der Waals surface area contributed by atoms with Crippen LogP contribution in [-0.2, 0) is 20.9 Å². The number of benzene rings is 1. The van der Waals surface area contributed by atoms with Crippen molar-refractivity contribution >= 4 is 40.7 Å². The zero-order valence-electron chi connectivity index (χ0n) is 11.0. The first-order valence-electron chi connectivity index (χ1n) is 6.27. The minimum atomic E-state index is -0.783. The molecule has 114 valence electrons. The highest BCUT2D eigenvalue weighted by Gasteiger charge is 2.32. The lowest BCUT2D eigenvalue weighted by Crippen LogP contribution is -2.28. The Morgan fingerprint density at radius 2 is 2.36 bits per heavy atom. The molecule has 0 saturated carbocycles. The van der Waals surface area contributed by atoms with Crippen LogP contribution in [-0.4, -0.2) is 21.5 Å². The number of carbonyl (C=O) groups is 2. The maximum Gasteiger partial charge on any atom is 0.314 e. The second-order valence-electron chi connectivity index (χ2n) is 4.64. The Morgan fingerprint density at radius 3 is 3.09 bits per heavy atom. The van der Waals surface area contributed by atoms with E-state index in [0.29, 0.717) is 15.6 Å². The van der Waals surface area contributed by atoms with E-state index in [1.807, 2.05) is 0 Å². The molecule has 1 amide bonds. The molecule has 1 aromatic heterocycles. The zero-order chi connectivity index (χ0) is 15.7. The molecule has 0 saturated heterocycles. The summed E-state index contributed by atoms with van der Waals surface area (Å²) < 4.78 is 22.4. The first kappa shape index (κ1) is 14.9. The number of anilines is 1. The molecular formula is C13H9ClFN3O3S. The molecule has 2 aromatic rings. The number of nitrogens with one attached hydrogen (secondary N) is 1. The molecule has 1 aliphatic rings. The number of esters is 1. The first-order valence-corrected chi connectivity index (χ1v) is 7.42. The van der Waals surface area contributed by atoms with Gasteiger partial charge in [0.25, 0.3) is 0 Å². The number of halogens is 2.